The van der Waals surface area contributed by atoms with Crippen LogP contribution >= 0.6 is 0 Å². The fourth-order valence-corrected chi connectivity index (χ4v) is 1.84. The Kier molecular flexibility index (Phi) is 3.06. The van der Waals surface area contributed by atoms with Crippen LogP contribution in [0.4, 0.5) is 0 Å². The Bertz CT molecular complexity index is 473. The molecule has 0 heterocycles. The lowest BCUT2D eigenvalue weighted by atomic mass is 9.81. The maximum atomic E-state index is 9.47. The maximum Gasteiger partial charge on any atom is 0.240 e. The van der Waals surface area contributed by atoms with Crippen LogP contribution in [0.1, 0.15) is 0 Å². The van der Waals surface area contributed by atoms with Crippen LogP contribution < -0.4 is 5.73 Å². The third-order valence-electron chi connectivity index (χ3n) is 2.64. The molecule has 84 valence electrons. The minimum Gasteiger partial charge on any atom is -0.366 e. The van der Waals surface area contributed by atoms with Crippen LogP contribution in [0.2, 0.25) is 0 Å². The van der Waals surface area contributed by atoms with Gasteiger partial charge >= 0.3 is 0 Å². The van der Waals surface area contributed by atoms with Gasteiger partial charge in [-0.25, -0.2) is 0 Å². The molecule has 1 aliphatic carbocycles. The fraction of sp³-hybridized carbons (Fsp3) is 0. The number of hydrogen-bond acceptors (Lipinski definition) is 1. The quantitative estimate of drug-likeness (QED) is 0.633. The largest absolute Gasteiger partial charge is 0.366 e. The molecule has 0 aromatic heterocycles. The SMILES string of the molecule is C=CC(N)=O.c1ccc2c(c1)-c1ccccc1-2. The first-order valence-electron chi connectivity index (χ1n) is 5.34. The summed E-state index contributed by atoms with van der Waals surface area (Å²) in [4.78, 5) is 9.47. The van der Waals surface area contributed by atoms with Crippen LogP contribution in [0.25, 0.3) is 22.3 Å². The Morgan fingerprint density at radius 2 is 1.12 bits per heavy atom. The van der Waals surface area contributed by atoms with Gasteiger partial charge < -0.3 is 5.73 Å². The highest BCUT2D eigenvalue weighted by atomic mass is 16.1. The number of primary amides is 1. The van der Waals surface area contributed by atoms with Gasteiger partial charge in [0.05, 0.1) is 0 Å². The first-order valence-corrected chi connectivity index (χ1v) is 5.34. The molecule has 17 heavy (non-hydrogen) atoms. The van der Waals surface area contributed by atoms with Crippen molar-refractivity contribution in [1.82, 2.24) is 0 Å². The number of rotatable bonds is 1. The van der Waals surface area contributed by atoms with E-state index in [0.717, 1.165) is 6.08 Å². The molecule has 0 fully saturated rings. The highest BCUT2D eigenvalue weighted by Gasteiger charge is 2.19. The van der Waals surface area contributed by atoms with Crippen molar-refractivity contribution in [1.29, 1.82) is 0 Å². The lowest BCUT2D eigenvalue weighted by Gasteiger charge is -2.22. The number of fused-ring (bicyclic) bond motifs is 4. The van der Waals surface area contributed by atoms with Gasteiger partial charge in [-0.05, 0) is 28.3 Å². The normalized spacial score (nSPS) is 9.88. The van der Waals surface area contributed by atoms with E-state index in [9.17, 15) is 4.79 Å². The van der Waals surface area contributed by atoms with Crippen molar-refractivity contribution in [3.63, 3.8) is 0 Å². The van der Waals surface area contributed by atoms with Crippen LogP contribution in [0.3, 0.4) is 0 Å². The van der Waals surface area contributed by atoms with Gasteiger partial charge in [0.15, 0.2) is 0 Å². The highest BCUT2D eigenvalue weighted by molar-refractivity contribution is 6.02. The average Bonchev–Trinajstić information content (AvgIpc) is 2.36. The minimum atomic E-state index is -0.481. The highest BCUT2D eigenvalue weighted by Crippen LogP contribution is 2.46. The van der Waals surface area contributed by atoms with Gasteiger partial charge in [0.1, 0.15) is 0 Å². The molecule has 0 spiro atoms. The van der Waals surface area contributed by atoms with Crippen molar-refractivity contribution >= 4 is 5.91 Å². The van der Waals surface area contributed by atoms with Gasteiger partial charge in [-0.2, -0.15) is 0 Å². The van der Waals surface area contributed by atoms with Crippen molar-refractivity contribution < 1.29 is 4.79 Å². The topological polar surface area (TPSA) is 43.1 Å². The molecule has 0 aliphatic heterocycles. The van der Waals surface area contributed by atoms with E-state index in [1.54, 1.807) is 0 Å². The summed E-state index contributed by atoms with van der Waals surface area (Å²) in [6.07, 6.45) is 1.06. The number of amides is 1. The zero-order valence-corrected chi connectivity index (χ0v) is 9.39. The number of carbonyl (C=O) groups excluding carboxylic acids is 1. The van der Waals surface area contributed by atoms with Crippen LogP contribution in [-0.2, 0) is 4.79 Å². The molecule has 0 radical (unpaired) electrons. The standard InChI is InChI=1S/C12H8.C3H5NO/c1-2-6-10-9(5-1)11-7-3-4-8-12(10)11;1-2-3(4)5/h1-8H;2H,1H2,(H2,4,5). The van der Waals surface area contributed by atoms with Gasteiger partial charge in [-0.1, -0.05) is 55.1 Å². The zero-order valence-electron chi connectivity index (χ0n) is 9.39. The predicted molar refractivity (Wildman–Crippen MR) is 70.3 cm³/mol. The Morgan fingerprint density at radius 1 is 0.882 bits per heavy atom. The fourth-order valence-electron chi connectivity index (χ4n) is 1.84. The summed E-state index contributed by atoms with van der Waals surface area (Å²) >= 11 is 0. The second-order valence-corrected chi connectivity index (χ2v) is 3.70. The Hall–Kier alpha value is -2.35. The molecule has 3 rings (SSSR count). The molecule has 0 saturated heterocycles. The van der Waals surface area contributed by atoms with Crippen molar-refractivity contribution in [3.8, 4) is 22.3 Å². The molecule has 0 unspecified atom stereocenters. The van der Waals surface area contributed by atoms with Gasteiger partial charge in [-0.15, -0.1) is 0 Å². The molecule has 2 aromatic rings. The maximum absolute atomic E-state index is 9.47. The monoisotopic (exact) mass is 223 g/mol. The summed E-state index contributed by atoms with van der Waals surface area (Å²) in [5.74, 6) is -0.481. The van der Waals surface area contributed by atoms with E-state index >= 15 is 0 Å². The number of carbonyl (C=O) groups is 1. The lowest BCUT2D eigenvalue weighted by Crippen LogP contribution is -2.04. The van der Waals surface area contributed by atoms with Crippen molar-refractivity contribution in [3.05, 3.63) is 61.2 Å². The Morgan fingerprint density at radius 3 is 1.29 bits per heavy atom. The molecule has 1 aliphatic rings. The second kappa shape index (κ2) is 4.66. The van der Waals surface area contributed by atoms with Gasteiger partial charge in [0.25, 0.3) is 0 Å². The van der Waals surface area contributed by atoms with E-state index in [2.05, 4.69) is 60.8 Å². The second-order valence-electron chi connectivity index (χ2n) is 3.70. The van der Waals surface area contributed by atoms with Crippen molar-refractivity contribution in [2.75, 3.05) is 0 Å². The minimum absolute atomic E-state index is 0.481. The molecule has 1 amide bonds. The van der Waals surface area contributed by atoms with E-state index in [1.165, 1.54) is 22.3 Å². The van der Waals surface area contributed by atoms with Crippen molar-refractivity contribution in [2.24, 2.45) is 5.73 Å². The van der Waals surface area contributed by atoms with E-state index in [-0.39, 0.29) is 0 Å². The molecule has 0 atom stereocenters. The zero-order chi connectivity index (χ0) is 12.3. The molecule has 2 aromatic carbocycles. The molecule has 0 bridgehead atoms. The average molecular weight is 223 g/mol. The number of nitrogens with two attached hydrogens (primary N) is 1. The first kappa shape index (κ1) is 11.1. The summed E-state index contributed by atoms with van der Waals surface area (Å²) in [6, 6.07) is 17.1. The first-order chi connectivity index (χ1) is 8.24. The van der Waals surface area contributed by atoms with Gasteiger partial charge in [-0.3, -0.25) is 4.79 Å². The summed E-state index contributed by atoms with van der Waals surface area (Å²) in [5.41, 5.74) is 10.1. The van der Waals surface area contributed by atoms with E-state index in [1.807, 2.05) is 0 Å². The molecular weight excluding hydrogens is 210 g/mol. The lowest BCUT2D eigenvalue weighted by molar-refractivity contribution is -0.113. The van der Waals surface area contributed by atoms with E-state index in [0.29, 0.717) is 0 Å². The van der Waals surface area contributed by atoms with Gasteiger partial charge in [0, 0.05) is 0 Å². The van der Waals surface area contributed by atoms with Crippen molar-refractivity contribution in [2.45, 2.75) is 0 Å². The van der Waals surface area contributed by atoms with E-state index in [4.69, 9.17) is 0 Å². The molecule has 0 saturated carbocycles. The Balaban J connectivity index is 0.000000188. The smallest absolute Gasteiger partial charge is 0.240 e. The Labute approximate surface area is 100 Å². The summed E-state index contributed by atoms with van der Waals surface area (Å²) in [6.45, 7) is 3.09. The molecular formula is C15H13NO. The summed E-state index contributed by atoms with van der Waals surface area (Å²) in [7, 11) is 0. The van der Waals surface area contributed by atoms with Gasteiger partial charge in [0.2, 0.25) is 5.91 Å². The summed E-state index contributed by atoms with van der Waals surface area (Å²) in [5, 5.41) is 0. The molecule has 2 heteroatoms. The van der Waals surface area contributed by atoms with Crippen LogP contribution in [0.5, 0.6) is 0 Å². The summed E-state index contributed by atoms with van der Waals surface area (Å²) < 4.78 is 0. The predicted octanol–water partition coefficient (Wildman–Crippen LogP) is 2.99. The number of hydrogen-bond donors (Lipinski definition) is 1. The van der Waals surface area contributed by atoms with Crippen LogP contribution in [0, 0.1) is 0 Å². The van der Waals surface area contributed by atoms with Crippen LogP contribution in [0.15, 0.2) is 61.2 Å². The molecule has 2 N–H and O–H groups in total. The molecule has 2 nitrogen and oxygen atoms in total. The van der Waals surface area contributed by atoms with Crippen LogP contribution in [-0.4, -0.2) is 5.91 Å². The third kappa shape index (κ3) is 2.11. The number of benzene rings is 2. The third-order valence-corrected chi connectivity index (χ3v) is 2.64. The van der Waals surface area contributed by atoms with E-state index < -0.39 is 5.91 Å².